The van der Waals surface area contributed by atoms with Crippen molar-refractivity contribution in [3.8, 4) is 0 Å². The molecule has 1 unspecified atom stereocenters. The number of sulfonamides is 1. The molecule has 2 aromatic carbocycles. The highest BCUT2D eigenvalue weighted by Crippen LogP contribution is 2.24. The van der Waals surface area contributed by atoms with E-state index in [0.29, 0.717) is 10.0 Å². The SMILES string of the molecule is CC1=NN(C(=O)c2ccc(Cl)cc2)C(=O)C1C(=O)c1ccc(S(=O)(=O)Nc2ncccn2)cc1. The second-order valence-electron chi connectivity index (χ2n) is 7.20. The molecule has 0 bridgehead atoms. The van der Waals surface area contributed by atoms with E-state index >= 15 is 0 Å². The molecular weight excluding hydrogens is 482 g/mol. The summed E-state index contributed by atoms with van der Waals surface area (Å²) in [6.45, 7) is 1.47. The third-order valence-corrected chi connectivity index (χ3v) is 6.51. The fourth-order valence-electron chi connectivity index (χ4n) is 3.22. The molecule has 34 heavy (non-hydrogen) atoms. The van der Waals surface area contributed by atoms with Crippen LogP contribution in [-0.2, 0) is 14.8 Å². The fourth-order valence-corrected chi connectivity index (χ4v) is 4.31. The normalized spacial score (nSPS) is 15.7. The number of aromatic nitrogens is 2. The van der Waals surface area contributed by atoms with E-state index in [1.54, 1.807) is 0 Å². The quantitative estimate of drug-likeness (QED) is 0.314. The van der Waals surface area contributed by atoms with Crippen LogP contribution in [0.15, 0.2) is 77.0 Å². The van der Waals surface area contributed by atoms with Crippen molar-refractivity contribution in [2.45, 2.75) is 11.8 Å². The minimum atomic E-state index is -3.99. The van der Waals surface area contributed by atoms with E-state index in [1.807, 2.05) is 0 Å². The van der Waals surface area contributed by atoms with Crippen LogP contribution in [0.3, 0.4) is 0 Å². The molecule has 1 aromatic heterocycles. The largest absolute Gasteiger partial charge is 0.293 e. The van der Waals surface area contributed by atoms with Gasteiger partial charge < -0.3 is 0 Å². The summed E-state index contributed by atoms with van der Waals surface area (Å²) in [5.41, 5.74) is 0.423. The molecule has 4 rings (SSSR count). The number of imide groups is 1. The molecular formula is C22H16ClN5O5S. The Labute approximate surface area is 199 Å². The smallest absolute Gasteiger partial charge is 0.281 e. The summed E-state index contributed by atoms with van der Waals surface area (Å²) in [4.78, 5) is 46.1. The first-order chi connectivity index (χ1) is 16.2. The molecule has 172 valence electrons. The lowest BCUT2D eigenvalue weighted by atomic mass is 9.93. The van der Waals surface area contributed by atoms with Crippen molar-refractivity contribution in [1.82, 2.24) is 15.0 Å². The van der Waals surface area contributed by atoms with Crippen LogP contribution >= 0.6 is 11.6 Å². The van der Waals surface area contributed by atoms with Gasteiger partial charge in [-0.05, 0) is 49.4 Å². The molecule has 1 aliphatic heterocycles. The van der Waals surface area contributed by atoms with Crippen LogP contribution in [0.1, 0.15) is 27.6 Å². The summed E-state index contributed by atoms with van der Waals surface area (Å²) >= 11 is 5.83. The fraction of sp³-hybridized carbons (Fsp3) is 0.0909. The number of anilines is 1. The number of carbonyl (C=O) groups excluding carboxylic acids is 3. The molecule has 1 atom stereocenters. The van der Waals surface area contributed by atoms with Gasteiger partial charge in [0.05, 0.1) is 10.6 Å². The van der Waals surface area contributed by atoms with Crippen LogP contribution in [0.5, 0.6) is 0 Å². The Morgan fingerprint density at radius 3 is 2.18 bits per heavy atom. The Kier molecular flexibility index (Phi) is 6.22. The Morgan fingerprint density at radius 1 is 0.971 bits per heavy atom. The molecule has 0 radical (unpaired) electrons. The van der Waals surface area contributed by atoms with E-state index in [1.165, 1.54) is 73.9 Å². The van der Waals surface area contributed by atoms with Crippen molar-refractivity contribution in [3.05, 3.63) is 83.1 Å². The predicted octanol–water partition coefficient (Wildman–Crippen LogP) is 2.79. The maximum Gasteiger partial charge on any atom is 0.281 e. The zero-order valence-corrected chi connectivity index (χ0v) is 19.1. The zero-order valence-electron chi connectivity index (χ0n) is 17.5. The summed E-state index contributed by atoms with van der Waals surface area (Å²) in [5.74, 6) is -3.49. The molecule has 0 fully saturated rings. The number of nitrogens with one attached hydrogen (secondary N) is 1. The Balaban J connectivity index is 1.51. The number of hydrogen-bond donors (Lipinski definition) is 1. The standard InChI is InChI=1S/C22H16ClN5O5S/c1-13-18(21(31)28(26-13)20(30)15-3-7-16(23)8-4-15)19(29)14-5-9-17(10-6-14)34(32,33)27-22-24-11-2-12-25-22/h2-12,18H,1H3,(H,24,25,27). The van der Waals surface area contributed by atoms with E-state index in [0.717, 1.165) is 0 Å². The van der Waals surface area contributed by atoms with Gasteiger partial charge in [-0.1, -0.05) is 23.7 Å². The van der Waals surface area contributed by atoms with Crippen LogP contribution in [0, 0.1) is 5.92 Å². The molecule has 3 aromatic rings. The number of halogens is 1. The second-order valence-corrected chi connectivity index (χ2v) is 9.32. The summed E-state index contributed by atoms with van der Waals surface area (Å²) in [6.07, 6.45) is 2.77. The van der Waals surface area contributed by atoms with Crippen molar-refractivity contribution >= 4 is 50.9 Å². The zero-order chi connectivity index (χ0) is 24.5. The maximum absolute atomic E-state index is 13.0. The van der Waals surface area contributed by atoms with Gasteiger partial charge in [0, 0.05) is 28.5 Å². The summed E-state index contributed by atoms with van der Waals surface area (Å²) in [6, 6.07) is 12.5. The number of carbonyl (C=O) groups is 3. The number of amides is 2. The van der Waals surface area contributed by atoms with Crippen LogP contribution in [-0.4, -0.2) is 46.7 Å². The van der Waals surface area contributed by atoms with Gasteiger partial charge in [-0.2, -0.15) is 10.1 Å². The Morgan fingerprint density at radius 2 is 1.56 bits per heavy atom. The first-order valence-electron chi connectivity index (χ1n) is 9.80. The van der Waals surface area contributed by atoms with Gasteiger partial charge in [0.25, 0.3) is 21.8 Å². The molecule has 2 amide bonds. The van der Waals surface area contributed by atoms with Gasteiger partial charge >= 0.3 is 0 Å². The van der Waals surface area contributed by atoms with Gasteiger partial charge in [-0.3, -0.25) is 14.4 Å². The lowest BCUT2D eigenvalue weighted by Gasteiger charge is -2.13. The molecule has 1 aliphatic rings. The number of hydrazone groups is 1. The highest BCUT2D eigenvalue weighted by Gasteiger charge is 2.42. The topological polar surface area (TPSA) is 139 Å². The molecule has 0 spiro atoms. The molecule has 0 saturated heterocycles. The van der Waals surface area contributed by atoms with Crippen LogP contribution < -0.4 is 4.72 Å². The minimum absolute atomic E-state index is 0.0867. The average Bonchev–Trinajstić information content (AvgIpc) is 3.13. The lowest BCUT2D eigenvalue weighted by molar-refractivity contribution is -0.128. The monoisotopic (exact) mass is 497 g/mol. The van der Waals surface area contributed by atoms with Crippen LogP contribution in [0.4, 0.5) is 5.95 Å². The van der Waals surface area contributed by atoms with E-state index < -0.39 is 33.5 Å². The van der Waals surface area contributed by atoms with Crippen molar-refractivity contribution < 1.29 is 22.8 Å². The van der Waals surface area contributed by atoms with Gasteiger partial charge in [-0.25, -0.2) is 23.1 Å². The van der Waals surface area contributed by atoms with Gasteiger partial charge in [0.2, 0.25) is 5.95 Å². The molecule has 0 saturated carbocycles. The number of benzene rings is 2. The average molecular weight is 498 g/mol. The Hall–Kier alpha value is -3.96. The maximum atomic E-state index is 13.0. The van der Waals surface area contributed by atoms with Gasteiger partial charge in [0.15, 0.2) is 5.78 Å². The summed E-state index contributed by atoms with van der Waals surface area (Å²) in [7, 11) is -3.99. The van der Waals surface area contributed by atoms with Crippen LogP contribution in [0.25, 0.3) is 0 Å². The highest BCUT2D eigenvalue weighted by molar-refractivity contribution is 7.92. The van der Waals surface area contributed by atoms with Crippen molar-refractivity contribution in [1.29, 1.82) is 0 Å². The van der Waals surface area contributed by atoms with Crippen molar-refractivity contribution in [3.63, 3.8) is 0 Å². The van der Waals surface area contributed by atoms with Crippen molar-refractivity contribution in [2.75, 3.05) is 4.72 Å². The number of Topliss-reactive ketones (excluding diaryl/α,β-unsaturated/α-hetero) is 1. The summed E-state index contributed by atoms with van der Waals surface area (Å²) < 4.78 is 27.3. The molecule has 2 heterocycles. The molecule has 10 nitrogen and oxygen atoms in total. The number of rotatable bonds is 6. The lowest BCUT2D eigenvalue weighted by Crippen LogP contribution is -2.36. The van der Waals surface area contributed by atoms with E-state index in [4.69, 9.17) is 11.6 Å². The predicted molar refractivity (Wildman–Crippen MR) is 123 cm³/mol. The van der Waals surface area contributed by atoms with E-state index in [9.17, 15) is 22.8 Å². The van der Waals surface area contributed by atoms with Gasteiger partial charge in [-0.15, -0.1) is 0 Å². The minimum Gasteiger partial charge on any atom is -0.293 e. The second kappa shape index (κ2) is 9.12. The highest BCUT2D eigenvalue weighted by atomic mass is 35.5. The molecule has 1 N–H and O–H groups in total. The summed E-state index contributed by atoms with van der Waals surface area (Å²) in [5, 5.41) is 5.06. The van der Waals surface area contributed by atoms with Gasteiger partial charge in [0.1, 0.15) is 5.92 Å². The molecule has 12 heteroatoms. The third-order valence-electron chi connectivity index (χ3n) is 4.92. The van der Waals surface area contributed by atoms with Crippen LogP contribution in [0.2, 0.25) is 5.02 Å². The third kappa shape index (κ3) is 4.56. The number of nitrogens with zero attached hydrogens (tertiary/aromatic N) is 4. The molecule has 0 aliphatic carbocycles. The van der Waals surface area contributed by atoms with Crippen molar-refractivity contribution in [2.24, 2.45) is 11.0 Å². The Bertz CT molecular complexity index is 1410. The first kappa shape index (κ1) is 23.2. The van der Waals surface area contributed by atoms with E-state index in [2.05, 4.69) is 19.8 Å². The number of ketones is 1. The van der Waals surface area contributed by atoms with E-state index in [-0.39, 0.29) is 27.7 Å². The number of hydrogen-bond acceptors (Lipinski definition) is 8. The first-order valence-corrected chi connectivity index (χ1v) is 11.7.